The van der Waals surface area contributed by atoms with E-state index < -0.39 is 48.4 Å². The van der Waals surface area contributed by atoms with Crippen LogP contribution in [0.25, 0.3) is 0 Å². The first kappa shape index (κ1) is 30.6. The highest BCUT2D eigenvalue weighted by Gasteiger charge is 2.28. The monoisotopic (exact) mass is 524 g/mol. The first-order valence-corrected chi connectivity index (χ1v) is 11.4. The van der Waals surface area contributed by atoms with Crippen LogP contribution in [0.4, 0.5) is 0 Å². The SMILES string of the molecule is NC(N)=NCCCC(N)C(=O)NC(CCCN=C(N)N)C(=O)NC(Cc1cnc[nH]1)C(=O)NCC(=O)O. The van der Waals surface area contributed by atoms with Crippen LogP contribution in [-0.4, -0.2) is 88.4 Å². The Morgan fingerprint density at radius 3 is 2.05 bits per heavy atom. The number of carboxylic acid groups (broad SMARTS) is 1. The third-order valence-corrected chi connectivity index (χ3v) is 4.91. The molecule has 3 atom stereocenters. The second kappa shape index (κ2) is 16.3. The predicted molar refractivity (Wildman–Crippen MR) is 135 cm³/mol. The molecular formula is C20H36N12O5. The normalized spacial score (nSPS) is 12.9. The molecule has 17 nitrogen and oxygen atoms in total. The number of guanidine groups is 2. The Kier molecular flexibility index (Phi) is 13.5. The number of carbonyl (C=O) groups is 4. The molecule has 1 aromatic heterocycles. The summed E-state index contributed by atoms with van der Waals surface area (Å²) in [6.07, 6.45) is 3.99. The van der Waals surface area contributed by atoms with E-state index in [1.807, 2.05) is 0 Å². The number of carboxylic acids is 1. The summed E-state index contributed by atoms with van der Waals surface area (Å²) < 4.78 is 0. The maximum absolute atomic E-state index is 13.1. The van der Waals surface area contributed by atoms with Crippen molar-refractivity contribution in [3.05, 3.63) is 18.2 Å². The van der Waals surface area contributed by atoms with Crippen LogP contribution < -0.4 is 44.6 Å². The van der Waals surface area contributed by atoms with Crippen molar-refractivity contribution < 1.29 is 24.3 Å². The van der Waals surface area contributed by atoms with E-state index in [0.29, 0.717) is 18.5 Å². The molecule has 1 aromatic rings. The van der Waals surface area contributed by atoms with Crippen LogP contribution in [0.1, 0.15) is 31.4 Å². The van der Waals surface area contributed by atoms with E-state index in [2.05, 4.69) is 35.9 Å². The van der Waals surface area contributed by atoms with Gasteiger partial charge in [-0.2, -0.15) is 0 Å². The number of aromatic nitrogens is 2. The summed E-state index contributed by atoms with van der Waals surface area (Å²) in [5.41, 5.74) is 27.6. The molecule has 37 heavy (non-hydrogen) atoms. The molecule has 0 bridgehead atoms. The van der Waals surface area contributed by atoms with Crippen LogP contribution in [0.5, 0.6) is 0 Å². The van der Waals surface area contributed by atoms with E-state index in [1.165, 1.54) is 12.5 Å². The summed E-state index contributed by atoms with van der Waals surface area (Å²) in [4.78, 5) is 63.6. The number of nitrogens with two attached hydrogens (primary N) is 5. The standard InChI is InChI=1S/C20H36N12O5/c21-12(3-1-5-27-19(22)23)16(35)31-13(4-2-6-28-20(24)25)18(37)32-14(7-11-8-26-10-30-11)17(36)29-9-15(33)34/h8,10,12-14H,1-7,9,21H2,(H,26,30)(H,29,36)(H,31,35)(H,32,37)(H,33,34)(H4,22,23,27)(H4,24,25,28). The van der Waals surface area contributed by atoms with Crippen molar-refractivity contribution in [2.24, 2.45) is 38.7 Å². The number of nitrogens with one attached hydrogen (secondary N) is 4. The van der Waals surface area contributed by atoms with Crippen molar-refractivity contribution in [3.63, 3.8) is 0 Å². The lowest BCUT2D eigenvalue weighted by Gasteiger charge is -2.24. The summed E-state index contributed by atoms with van der Waals surface area (Å²) in [6, 6.07) is -3.18. The average Bonchev–Trinajstić information content (AvgIpc) is 3.34. The number of amides is 3. The van der Waals surface area contributed by atoms with Gasteiger partial charge in [-0.1, -0.05) is 0 Å². The van der Waals surface area contributed by atoms with Gasteiger partial charge in [0.2, 0.25) is 17.7 Å². The third kappa shape index (κ3) is 13.3. The summed E-state index contributed by atoms with van der Waals surface area (Å²) in [5, 5.41) is 16.2. The number of carbonyl (C=O) groups excluding carboxylic acids is 3. The smallest absolute Gasteiger partial charge is 0.322 e. The number of hydrogen-bond donors (Lipinski definition) is 10. The van der Waals surface area contributed by atoms with E-state index >= 15 is 0 Å². The fourth-order valence-electron chi connectivity index (χ4n) is 3.09. The molecule has 0 fully saturated rings. The van der Waals surface area contributed by atoms with Gasteiger partial charge in [0.25, 0.3) is 0 Å². The summed E-state index contributed by atoms with van der Waals surface area (Å²) in [6.45, 7) is -0.155. The largest absolute Gasteiger partial charge is 0.480 e. The van der Waals surface area contributed by atoms with Gasteiger partial charge in [0.15, 0.2) is 11.9 Å². The molecule has 0 radical (unpaired) electrons. The van der Waals surface area contributed by atoms with E-state index in [4.69, 9.17) is 33.8 Å². The van der Waals surface area contributed by atoms with Crippen molar-refractivity contribution in [2.75, 3.05) is 19.6 Å². The molecule has 3 amide bonds. The topological polar surface area (TPSA) is 308 Å². The maximum Gasteiger partial charge on any atom is 0.322 e. The number of hydrogen-bond acceptors (Lipinski definition) is 8. The van der Waals surface area contributed by atoms with Gasteiger partial charge in [-0.3, -0.25) is 29.2 Å². The molecule has 0 aliphatic carbocycles. The molecule has 0 saturated carbocycles. The Hall–Kier alpha value is -4.41. The second-order valence-electron chi connectivity index (χ2n) is 8.02. The number of imidazole rings is 1. The lowest BCUT2D eigenvalue weighted by molar-refractivity contribution is -0.138. The Morgan fingerprint density at radius 1 is 0.919 bits per heavy atom. The Balaban J connectivity index is 2.92. The van der Waals surface area contributed by atoms with Crippen LogP contribution in [-0.2, 0) is 25.6 Å². The zero-order valence-electron chi connectivity index (χ0n) is 20.4. The Morgan fingerprint density at radius 2 is 1.51 bits per heavy atom. The van der Waals surface area contributed by atoms with Gasteiger partial charge in [-0.15, -0.1) is 0 Å². The molecule has 17 heteroatoms. The lowest BCUT2D eigenvalue weighted by atomic mass is 10.1. The van der Waals surface area contributed by atoms with Crippen LogP contribution in [0.15, 0.2) is 22.5 Å². The molecule has 0 spiro atoms. The molecule has 0 aliphatic rings. The van der Waals surface area contributed by atoms with Crippen molar-refractivity contribution >= 4 is 35.6 Å². The molecular weight excluding hydrogens is 488 g/mol. The van der Waals surface area contributed by atoms with Gasteiger partial charge >= 0.3 is 5.97 Å². The van der Waals surface area contributed by atoms with E-state index in [0.717, 1.165) is 0 Å². The minimum absolute atomic E-state index is 0.00380. The third-order valence-electron chi connectivity index (χ3n) is 4.91. The molecule has 1 heterocycles. The number of nitrogens with zero attached hydrogens (tertiary/aromatic N) is 3. The summed E-state index contributed by atoms with van der Waals surface area (Å²) >= 11 is 0. The van der Waals surface area contributed by atoms with Gasteiger partial charge in [-0.25, -0.2) is 4.98 Å². The highest BCUT2D eigenvalue weighted by molar-refractivity contribution is 5.93. The molecule has 0 aromatic carbocycles. The minimum atomic E-state index is -1.25. The first-order valence-electron chi connectivity index (χ1n) is 11.4. The number of aliphatic imine (C=N–C) groups is 2. The van der Waals surface area contributed by atoms with Crippen molar-refractivity contribution in [1.82, 2.24) is 25.9 Å². The molecule has 0 saturated heterocycles. The van der Waals surface area contributed by atoms with Crippen LogP contribution in [0.3, 0.4) is 0 Å². The van der Waals surface area contributed by atoms with Crippen LogP contribution in [0.2, 0.25) is 0 Å². The van der Waals surface area contributed by atoms with Gasteiger partial charge in [0, 0.05) is 31.4 Å². The summed E-state index contributed by atoms with van der Waals surface area (Å²) in [5.74, 6) is -3.45. The maximum atomic E-state index is 13.1. The molecule has 15 N–H and O–H groups in total. The fourth-order valence-corrected chi connectivity index (χ4v) is 3.09. The highest BCUT2D eigenvalue weighted by Crippen LogP contribution is 2.05. The Labute approximate surface area is 213 Å². The lowest BCUT2D eigenvalue weighted by Crippen LogP contribution is -2.56. The zero-order valence-corrected chi connectivity index (χ0v) is 20.4. The predicted octanol–water partition coefficient (Wildman–Crippen LogP) is -4.44. The fraction of sp³-hybridized carbons (Fsp3) is 0.550. The van der Waals surface area contributed by atoms with E-state index in [9.17, 15) is 19.2 Å². The second-order valence-corrected chi connectivity index (χ2v) is 8.02. The van der Waals surface area contributed by atoms with Crippen molar-refractivity contribution in [1.29, 1.82) is 0 Å². The first-order chi connectivity index (χ1) is 17.5. The van der Waals surface area contributed by atoms with E-state index in [-0.39, 0.29) is 44.3 Å². The molecule has 0 aliphatic heterocycles. The number of aromatic amines is 1. The Bertz CT molecular complexity index is 942. The number of aliphatic carboxylic acids is 1. The zero-order chi connectivity index (χ0) is 27.8. The van der Waals surface area contributed by atoms with Gasteiger partial charge in [0.1, 0.15) is 18.6 Å². The van der Waals surface area contributed by atoms with Gasteiger partial charge < -0.3 is 54.7 Å². The van der Waals surface area contributed by atoms with E-state index in [1.54, 1.807) is 0 Å². The molecule has 206 valence electrons. The minimum Gasteiger partial charge on any atom is -0.480 e. The molecule has 3 unspecified atom stereocenters. The quantitative estimate of drug-likeness (QED) is 0.0526. The van der Waals surface area contributed by atoms with Crippen molar-refractivity contribution in [2.45, 2.75) is 50.2 Å². The number of rotatable bonds is 17. The van der Waals surface area contributed by atoms with Crippen molar-refractivity contribution in [3.8, 4) is 0 Å². The summed E-state index contributed by atoms with van der Waals surface area (Å²) in [7, 11) is 0. The van der Waals surface area contributed by atoms with Crippen LogP contribution in [0, 0.1) is 0 Å². The average molecular weight is 525 g/mol. The number of H-pyrrole nitrogens is 1. The van der Waals surface area contributed by atoms with Gasteiger partial charge in [-0.05, 0) is 25.7 Å². The van der Waals surface area contributed by atoms with Gasteiger partial charge in [0.05, 0.1) is 12.4 Å². The van der Waals surface area contributed by atoms with Crippen LogP contribution >= 0.6 is 0 Å². The molecule has 1 rings (SSSR count). The highest BCUT2D eigenvalue weighted by atomic mass is 16.4.